The lowest BCUT2D eigenvalue weighted by Gasteiger charge is -2.21. The molecule has 11 heteroatoms. The van der Waals surface area contributed by atoms with Crippen LogP contribution in [0.25, 0.3) is 5.69 Å². The SMILES string of the molecule is COc1cccc(OC)c1-n1c(CS(=O)(=O)[C@H](C)[C@@H](C)c2ncc(C)cn2)nnc1[C@H]1CCCO1. The first-order chi connectivity index (χ1) is 16.8. The molecule has 4 rings (SSSR count). The fourth-order valence-electron chi connectivity index (χ4n) is 4.18. The summed E-state index contributed by atoms with van der Waals surface area (Å²) in [5.41, 5.74) is 1.46. The topological polar surface area (TPSA) is 118 Å². The molecule has 3 atom stereocenters. The monoisotopic (exact) mass is 501 g/mol. The Hall–Kier alpha value is -3.05. The van der Waals surface area contributed by atoms with E-state index in [1.54, 1.807) is 56.3 Å². The molecule has 0 amide bonds. The van der Waals surface area contributed by atoms with Gasteiger partial charge in [-0.25, -0.2) is 18.4 Å². The third-order valence-electron chi connectivity index (χ3n) is 6.41. The number of aryl methyl sites for hydroxylation is 1. The molecule has 0 N–H and O–H groups in total. The van der Waals surface area contributed by atoms with Gasteiger partial charge >= 0.3 is 0 Å². The minimum atomic E-state index is -3.68. The molecule has 188 valence electrons. The van der Waals surface area contributed by atoms with E-state index in [1.165, 1.54) is 0 Å². The smallest absolute Gasteiger partial charge is 0.167 e. The summed E-state index contributed by atoms with van der Waals surface area (Å²) < 4.78 is 45.9. The van der Waals surface area contributed by atoms with Crippen molar-refractivity contribution in [3.63, 3.8) is 0 Å². The largest absolute Gasteiger partial charge is 0.494 e. The highest BCUT2D eigenvalue weighted by Gasteiger charge is 2.34. The van der Waals surface area contributed by atoms with E-state index in [2.05, 4.69) is 20.2 Å². The van der Waals surface area contributed by atoms with Gasteiger partial charge in [0.15, 0.2) is 21.5 Å². The fraction of sp³-hybridized carbons (Fsp3) is 0.500. The van der Waals surface area contributed by atoms with Gasteiger partial charge in [0.05, 0.1) is 19.5 Å². The molecule has 1 aromatic carbocycles. The maximum atomic E-state index is 13.6. The molecule has 0 radical (unpaired) electrons. The Morgan fingerprint density at radius 2 is 1.77 bits per heavy atom. The predicted octanol–water partition coefficient (Wildman–Crippen LogP) is 3.34. The van der Waals surface area contributed by atoms with Crippen molar-refractivity contribution in [2.24, 2.45) is 0 Å². The highest BCUT2D eigenvalue weighted by Crippen LogP contribution is 2.38. The normalized spacial score (nSPS) is 17.8. The summed E-state index contributed by atoms with van der Waals surface area (Å²) in [6.45, 7) is 5.99. The maximum absolute atomic E-state index is 13.6. The molecule has 0 aliphatic carbocycles. The molecule has 35 heavy (non-hydrogen) atoms. The number of aromatic nitrogens is 5. The summed E-state index contributed by atoms with van der Waals surface area (Å²) in [5.74, 6) is 1.56. The Bertz CT molecular complexity index is 1250. The molecule has 10 nitrogen and oxygen atoms in total. The lowest BCUT2D eigenvalue weighted by Crippen LogP contribution is -2.27. The zero-order chi connectivity index (χ0) is 25.2. The van der Waals surface area contributed by atoms with Crippen LogP contribution >= 0.6 is 0 Å². The van der Waals surface area contributed by atoms with Crippen LogP contribution in [0.4, 0.5) is 0 Å². The van der Waals surface area contributed by atoms with Gasteiger partial charge in [0.1, 0.15) is 34.9 Å². The third-order valence-corrected chi connectivity index (χ3v) is 8.61. The van der Waals surface area contributed by atoms with Crippen LogP contribution in [0.1, 0.15) is 61.7 Å². The highest BCUT2D eigenvalue weighted by atomic mass is 32.2. The molecular weight excluding hydrogens is 470 g/mol. The molecule has 0 spiro atoms. The van der Waals surface area contributed by atoms with Gasteiger partial charge in [0.25, 0.3) is 0 Å². The highest BCUT2D eigenvalue weighted by molar-refractivity contribution is 7.91. The number of hydrogen-bond acceptors (Lipinski definition) is 9. The molecule has 1 aliphatic heterocycles. The number of rotatable bonds is 9. The zero-order valence-electron chi connectivity index (χ0n) is 20.6. The average molecular weight is 502 g/mol. The average Bonchev–Trinajstić information content (AvgIpc) is 3.52. The molecule has 1 aliphatic rings. The summed E-state index contributed by atoms with van der Waals surface area (Å²) in [6, 6.07) is 5.38. The number of hydrogen-bond donors (Lipinski definition) is 0. The van der Waals surface area contributed by atoms with Crippen molar-refractivity contribution < 1.29 is 22.6 Å². The number of sulfone groups is 1. The van der Waals surface area contributed by atoms with Crippen LogP contribution in [0, 0.1) is 6.92 Å². The molecule has 1 saturated heterocycles. The van der Waals surface area contributed by atoms with Crippen molar-refractivity contribution in [2.75, 3.05) is 20.8 Å². The summed E-state index contributed by atoms with van der Waals surface area (Å²) in [6.07, 6.45) is 4.73. The Morgan fingerprint density at radius 3 is 2.34 bits per heavy atom. The molecule has 0 bridgehead atoms. The van der Waals surface area contributed by atoms with Gasteiger partial charge in [0.2, 0.25) is 0 Å². The van der Waals surface area contributed by atoms with Crippen LogP contribution in [-0.2, 0) is 20.3 Å². The summed E-state index contributed by atoms with van der Waals surface area (Å²) >= 11 is 0. The van der Waals surface area contributed by atoms with E-state index in [-0.39, 0.29) is 17.7 Å². The lowest BCUT2D eigenvalue weighted by atomic mass is 10.1. The van der Waals surface area contributed by atoms with Gasteiger partial charge < -0.3 is 14.2 Å². The second-order valence-electron chi connectivity index (χ2n) is 8.74. The standard InChI is InChI=1S/C24H31N5O5S/c1-15-12-25-23(26-13-15)16(2)17(3)35(30,31)14-21-27-28-24(20-10-7-11-34-20)29(21)22-18(32-4)8-6-9-19(22)33-5/h6,8-9,12-13,16-17,20H,7,10-11,14H2,1-5H3/t16-,17-,20-/m1/s1. The van der Waals surface area contributed by atoms with Crippen molar-refractivity contribution >= 4 is 9.84 Å². The zero-order valence-corrected chi connectivity index (χ0v) is 21.4. The lowest BCUT2D eigenvalue weighted by molar-refractivity contribution is 0.103. The quantitative estimate of drug-likeness (QED) is 0.435. The van der Waals surface area contributed by atoms with Gasteiger partial charge in [-0.15, -0.1) is 10.2 Å². The predicted molar refractivity (Wildman–Crippen MR) is 130 cm³/mol. The van der Waals surface area contributed by atoms with Crippen molar-refractivity contribution in [2.45, 2.75) is 56.6 Å². The summed E-state index contributed by atoms with van der Waals surface area (Å²) in [4.78, 5) is 8.66. The number of nitrogens with zero attached hydrogens (tertiary/aromatic N) is 5. The Balaban J connectivity index is 1.76. The van der Waals surface area contributed by atoms with Gasteiger partial charge in [-0.2, -0.15) is 0 Å². The molecule has 3 aromatic rings. The Kier molecular flexibility index (Phi) is 7.36. The van der Waals surface area contributed by atoms with E-state index >= 15 is 0 Å². The third kappa shape index (κ3) is 5.01. The number of ether oxygens (including phenoxy) is 3. The molecule has 2 aromatic heterocycles. The molecule has 1 fully saturated rings. The fourth-order valence-corrected chi connectivity index (χ4v) is 5.73. The number of benzene rings is 1. The van der Waals surface area contributed by atoms with Crippen molar-refractivity contribution in [3.05, 3.63) is 53.6 Å². The van der Waals surface area contributed by atoms with Crippen LogP contribution in [0.2, 0.25) is 0 Å². The van der Waals surface area contributed by atoms with Crippen LogP contribution in [0.5, 0.6) is 11.5 Å². The first-order valence-electron chi connectivity index (χ1n) is 11.5. The molecular formula is C24H31N5O5S. The van der Waals surface area contributed by atoms with Crippen LogP contribution in [0.3, 0.4) is 0 Å². The van der Waals surface area contributed by atoms with Crippen LogP contribution in [0.15, 0.2) is 30.6 Å². The molecule has 0 saturated carbocycles. The van der Waals surface area contributed by atoms with Gasteiger partial charge in [0, 0.05) is 24.9 Å². The number of para-hydroxylation sites is 1. The second-order valence-corrected chi connectivity index (χ2v) is 11.1. The van der Waals surface area contributed by atoms with Crippen LogP contribution < -0.4 is 9.47 Å². The van der Waals surface area contributed by atoms with Crippen molar-refractivity contribution in [1.29, 1.82) is 0 Å². The summed E-state index contributed by atoms with van der Waals surface area (Å²) in [5, 5.41) is 7.93. The van der Waals surface area contributed by atoms with E-state index in [9.17, 15) is 8.42 Å². The molecule has 0 unspecified atom stereocenters. The summed E-state index contributed by atoms with van der Waals surface area (Å²) in [7, 11) is -0.573. The van der Waals surface area contributed by atoms with E-state index in [1.807, 2.05) is 13.8 Å². The van der Waals surface area contributed by atoms with E-state index < -0.39 is 21.0 Å². The first kappa shape index (κ1) is 25.1. The maximum Gasteiger partial charge on any atom is 0.167 e. The van der Waals surface area contributed by atoms with Crippen LogP contribution in [-0.4, -0.2) is 59.2 Å². The van der Waals surface area contributed by atoms with Crippen molar-refractivity contribution in [1.82, 2.24) is 24.7 Å². The second kappa shape index (κ2) is 10.3. The minimum absolute atomic E-state index is 0.266. The van der Waals surface area contributed by atoms with E-state index in [0.717, 1.165) is 18.4 Å². The Labute approximate surface area is 205 Å². The number of methoxy groups -OCH3 is 2. The van der Waals surface area contributed by atoms with Gasteiger partial charge in [-0.1, -0.05) is 13.0 Å². The van der Waals surface area contributed by atoms with Gasteiger partial charge in [-0.3, -0.25) is 4.57 Å². The minimum Gasteiger partial charge on any atom is -0.494 e. The molecule has 3 heterocycles. The van der Waals surface area contributed by atoms with E-state index in [4.69, 9.17) is 14.2 Å². The Morgan fingerprint density at radius 1 is 1.11 bits per heavy atom. The van der Waals surface area contributed by atoms with Gasteiger partial charge in [-0.05, 0) is 44.4 Å². The first-order valence-corrected chi connectivity index (χ1v) is 13.3. The van der Waals surface area contributed by atoms with Crippen molar-refractivity contribution in [3.8, 4) is 17.2 Å². The van der Waals surface area contributed by atoms with E-state index in [0.29, 0.717) is 35.4 Å².